The van der Waals surface area contributed by atoms with Gasteiger partial charge in [-0.15, -0.1) is 0 Å². The molecule has 1 heterocycles. The van der Waals surface area contributed by atoms with E-state index in [1.54, 1.807) is 0 Å². The van der Waals surface area contributed by atoms with Crippen molar-refractivity contribution in [3.63, 3.8) is 0 Å². The van der Waals surface area contributed by atoms with Gasteiger partial charge in [-0.05, 0) is 46.7 Å². The zero-order chi connectivity index (χ0) is 12.7. The minimum atomic E-state index is 0.234. The van der Waals surface area contributed by atoms with Gasteiger partial charge in [0.15, 0.2) is 0 Å². The predicted octanol–water partition coefficient (Wildman–Crippen LogP) is 0.977. The second kappa shape index (κ2) is 6.97. The fourth-order valence-electron chi connectivity index (χ4n) is 2.33. The SMILES string of the molecule is CCN(CC)C(=O)CCCNC1(C)CCNC1. The van der Waals surface area contributed by atoms with E-state index in [1.807, 2.05) is 18.7 Å². The quantitative estimate of drug-likeness (QED) is 0.653. The van der Waals surface area contributed by atoms with Crippen LogP contribution in [0.2, 0.25) is 0 Å². The summed E-state index contributed by atoms with van der Waals surface area (Å²) < 4.78 is 0. The summed E-state index contributed by atoms with van der Waals surface area (Å²) in [6.07, 6.45) is 2.78. The minimum Gasteiger partial charge on any atom is -0.343 e. The van der Waals surface area contributed by atoms with E-state index < -0.39 is 0 Å². The maximum Gasteiger partial charge on any atom is 0.222 e. The Morgan fingerprint density at radius 3 is 2.65 bits per heavy atom. The van der Waals surface area contributed by atoms with Gasteiger partial charge in [-0.3, -0.25) is 4.79 Å². The van der Waals surface area contributed by atoms with E-state index in [0.29, 0.717) is 6.42 Å². The molecule has 1 saturated heterocycles. The summed E-state index contributed by atoms with van der Waals surface area (Å²) in [5.74, 6) is 0.284. The molecule has 17 heavy (non-hydrogen) atoms. The summed E-state index contributed by atoms with van der Waals surface area (Å²) >= 11 is 0. The number of hydrogen-bond acceptors (Lipinski definition) is 3. The van der Waals surface area contributed by atoms with Gasteiger partial charge in [0.2, 0.25) is 5.91 Å². The van der Waals surface area contributed by atoms with Gasteiger partial charge in [0.25, 0.3) is 0 Å². The lowest BCUT2D eigenvalue weighted by Crippen LogP contribution is -2.44. The van der Waals surface area contributed by atoms with Gasteiger partial charge in [0, 0.05) is 31.6 Å². The van der Waals surface area contributed by atoms with E-state index in [0.717, 1.165) is 39.1 Å². The van der Waals surface area contributed by atoms with Gasteiger partial charge < -0.3 is 15.5 Å². The largest absolute Gasteiger partial charge is 0.343 e. The zero-order valence-electron chi connectivity index (χ0n) is 11.5. The molecule has 0 aromatic rings. The van der Waals surface area contributed by atoms with E-state index in [4.69, 9.17) is 0 Å². The van der Waals surface area contributed by atoms with E-state index in [9.17, 15) is 4.79 Å². The fourth-order valence-corrected chi connectivity index (χ4v) is 2.33. The van der Waals surface area contributed by atoms with Crippen molar-refractivity contribution in [3.05, 3.63) is 0 Å². The van der Waals surface area contributed by atoms with E-state index >= 15 is 0 Å². The van der Waals surface area contributed by atoms with Crippen LogP contribution in [0.4, 0.5) is 0 Å². The first-order valence-corrected chi connectivity index (χ1v) is 6.85. The first-order valence-electron chi connectivity index (χ1n) is 6.85. The smallest absolute Gasteiger partial charge is 0.222 e. The van der Waals surface area contributed by atoms with Crippen LogP contribution in [0.1, 0.15) is 40.0 Å². The molecule has 0 aromatic heterocycles. The Hall–Kier alpha value is -0.610. The molecule has 0 saturated carbocycles. The van der Waals surface area contributed by atoms with E-state index in [2.05, 4.69) is 17.6 Å². The highest BCUT2D eigenvalue weighted by atomic mass is 16.2. The highest BCUT2D eigenvalue weighted by Crippen LogP contribution is 2.12. The van der Waals surface area contributed by atoms with Crippen LogP contribution in [0.25, 0.3) is 0 Å². The van der Waals surface area contributed by atoms with E-state index in [1.165, 1.54) is 6.42 Å². The highest BCUT2D eigenvalue weighted by Gasteiger charge is 2.27. The molecule has 0 aliphatic carbocycles. The van der Waals surface area contributed by atoms with Crippen LogP contribution in [0.15, 0.2) is 0 Å². The molecule has 1 rings (SSSR count). The lowest BCUT2D eigenvalue weighted by atomic mass is 10.0. The Balaban J connectivity index is 2.13. The fraction of sp³-hybridized carbons (Fsp3) is 0.923. The van der Waals surface area contributed by atoms with Crippen LogP contribution >= 0.6 is 0 Å². The summed E-state index contributed by atoms with van der Waals surface area (Å²) in [7, 11) is 0. The second-order valence-electron chi connectivity index (χ2n) is 5.08. The maximum atomic E-state index is 11.8. The van der Waals surface area contributed by atoms with Crippen LogP contribution in [0, 0.1) is 0 Å². The number of rotatable bonds is 7. The number of nitrogens with zero attached hydrogens (tertiary/aromatic N) is 1. The third-order valence-corrected chi connectivity index (χ3v) is 3.60. The summed E-state index contributed by atoms with van der Waals surface area (Å²) in [5, 5.41) is 6.92. The molecule has 2 N–H and O–H groups in total. The van der Waals surface area contributed by atoms with Crippen LogP contribution < -0.4 is 10.6 Å². The molecule has 0 bridgehead atoms. The average Bonchev–Trinajstić information content (AvgIpc) is 2.74. The summed E-state index contributed by atoms with van der Waals surface area (Å²) in [6, 6.07) is 0. The molecule has 4 nitrogen and oxygen atoms in total. The van der Waals surface area contributed by atoms with E-state index in [-0.39, 0.29) is 11.4 Å². The molecule has 0 radical (unpaired) electrons. The second-order valence-corrected chi connectivity index (χ2v) is 5.08. The van der Waals surface area contributed by atoms with Gasteiger partial charge in [-0.2, -0.15) is 0 Å². The molecular weight excluding hydrogens is 214 g/mol. The summed E-state index contributed by atoms with van der Waals surface area (Å²) in [6.45, 7) is 11.0. The van der Waals surface area contributed by atoms with Gasteiger partial charge in [-0.1, -0.05) is 0 Å². The number of nitrogens with one attached hydrogen (secondary N) is 2. The van der Waals surface area contributed by atoms with Gasteiger partial charge in [0.1, 0.15) is 0 Å². The Morgan fingerprint density at radius 1 is 1.41 bits per heavy atom. The minimum absolute atomic E-state index is 0.234. The van der Waals surface area contributed by atoms with Crippen molar-refractivity contribution in [1.82, 2.24) is 15.5 Å². The van der Waals surface area contributed by atoms with Crippen molar-refractivity contribution in [3.8, 4) is 0 Å². The number of carbonyl (C=O) groups excluding carboxylic acids is 1. The molecule has 1 atom stereocenters. The van der Waals surface area contributed by atoms with Crippen molar-refractivity contribution in [2.45, 2.75) is 45.6 Å². The zero-order valence-corrected chi connectivity index (χ0v) is 11.5. The molecule has 4 heteroatoms. The lowest BCUT2D eigenvalue weighted by molar-refractivity contribution is -0.130. The highest BCUT2D eigenvalue weighted by molar-refractivity contribution is 5.76. The normalized spacial score (nSPS) is 23.9. The Morgan fingerprint density at radius 2 is 2.12 bits per heavy atom. The summed E-state index contributed by atoms with van der Waals surface area (Å²) in [4.78, 5) is 13.7. The standard InChI is InChI=1S/C13H27N3O/c1-4-16(5-2)12(17)7-6-9-15-13(3)8-10-14-11-13/h14-15H,4-11H2,1-3H3. The van der Waals surface area contributed by atoms with Crippen molar-refractivity contribution < 1.29 is 4.79 Å². The maximum absolute atomic E-state index is 11.8. The predicted molar refractivity (Wildman–Crippen MR) is 71.1 cm³/mol. The van der Waals surface area contributed by atoms with Gasteiger partial charge in [0.05, 0.1) is 0 Å². The average molecular weight is 241 g/mol. The molecule has 1 fully saturated rings. The molecule has 1 unspecified atom stereocenters. The van der Waals surface area contributed by atoms with Gasteiger partial charge >= 0.3 is 0 Å². The van der Waals surface area contributed by atoms with Crippen LogP contribution in [-0.2, 0) is 4.79 Å². The molecule has 1 amide bonds. The molecule has 1 aliphatic rings. The molecular formula is C13H27N3O. The number of amides is 1. The lowest BCUT2D eigenvalue weighted by Gasteiger charge is -2.25. The topological polar surface area (TPSA) is 44.4 Å². The number of carbonyl (C=O) groups is 1. The van der Waals surface area contributed by atoms with Crippen LogP contribution in [-0.4, -0.2) is 49.1 Å². The molecule has 0 aromatic carbocycles. The first-order chi connectivity index (χ1) is 8.11. The molecule has 1 aliphatic heterocycles. The molecule has 100 valence electrons. The third-order valence-electron chi connectivity index (χ3n) is 3.60. The van der Waals surface area contributed by atoms with Crippen molar-refractivity contribution >= 4 is 5.91 Å². The van der Waals surface area contributed by atoms with Crippen molar-refractivity contribution in [1.29, 1.82) is 0 Å². The molecule has 0 spiro atoms. The third kappa shape index (κ3) is 4.64. The Labute approximate surface area is 105 Å². The monoisotopic (exact) mass is 241 g/mol. The summed E-state index contributed by atoms with van der Waals surface area (Å²) in [5.41, 5.74) is 0.234. The Kier molecular flexibility index (Phi) is 5.92. The van der Waals surface area contributed by atoms with Gasteiger partial charge in [-0.25, -0.2) is 0 Å². The number of hydrogen-bond donors (Lipinski definition) is 2. The van der Waals surface area contributed by atoms with Crippen molar-refractivity contribution in [2.24, 2.45) is 0 Å². The Bertz CT molecular complexity index is 233. The van der Waals surface area contributed by atoms with Crippen LogP contribution in [0.5, 0.6) is 0 Å². The van der Waals surface area contributed by atoms with Crippen molar-refractivity contribution in [2.75, 3.05) is 32.7 Å². The first kappa shape index (κ1) is 14.5. The van der Waals surface area contributed by atoms with Crippen LogP contribution in [0.3, 0.4) is 0 Å².